The van der Waals surface area contributed by atoms with Gasteiger partial charge in [0.1, 0.15) is 0 Å². The summed E-state index contributed by atoms with van der Waals surface area (Å²) < 4.78 is 26.8. The van der Waals surface area contributed by atoms with E-state index in [1.165, 1.54) is 0 Å². The second-order valence-electron chi connectivity index (χ2n) is 5.65. The average molecular weight is 282 g/mol. The molecule has 1 aliphatic rings. The normalized spacial score (nSPS) is 16.2. The molecule has 2 rings (SSSR count). The topological polar surface area (TPSA) is 63.4 Å². The Morgan fingerprint density at radius 3 is 2.47 bits per heavy atom. The van der Waals surface area contributed by atoms with Crippen molar-refractivity contribution in [3.05, 3.63) is 29.8 Å². The highest BCUT2D eigenvalue weighted by Crippen LogP contribution is 2.31. The van der Waals surface area contributed by atoms with E-state index in [1.54, 1.807) is 16.4 Å². The van der Waals surface area contributed by atoms with Crippen LogP contribution in [0.1, 0.15) is 32.3 Å². The molecule has 1 aliphatic carbocycles. The first-order chi connectivity index (χ1) is 8.90. The number of nitrogen functional groups attached to an aromatic ring is 1. The Labute approximate surface area is 115 Å². The third-order valence-electron chi connectivity index (χ3n) is 3.25. The van der Waals surface area contributed by atoms with Gasteiger partial charge < -0.3 is 5.73 Å². The molecule has 1 saturated carbocycles. The Hall–Kier alpha value is -1.07. The molecule has 0 spiro atoms. The smallest absolute Gasteiger partial charge is 0.218 e. The van der Waals surface area contributed by atoms with Crippen LogP contribution in [-0.2, 0) is 15.8 Å². The standard InChI is InChI=1S/C14H22N2O2S/c1-11(2)9-16(13-7-8-13)19(17,18)10-12-5-3-4-6-14(12)15/h3-6,11,13H,7-10,15H2,1-2H3. The SMILES string of the molecule is CC(C)CN(C1CC1)S(=O)(=O)Cc1ccccc1N. The quantitative estimate of drug-likeness (QED) is 0.814. The first kappa shape index (κ1) is 14.3. The molecule has 2 N–H and O–H groups in total. The number of hydrogen-bond acceptors (Lipinski definition) is 3. The maximum absolute atomic E-state index is 12.5. The highest BCUT2D eigenvalue weighted by Gasteiger charge is 2.37. The van der Waals surface area contributed by atoms with Gasteiger partial charge in [-0.1, -0.05) is 32.0 Å². The monoisotopic (exact) mass is 282 g/mol. The van der Waals surface area contributed by atoms with Crippen LogP contribution in [-0.4, -0.2) is 25.3 Å². The number of nitrogens with two attached hydrogens (primary N) is 1. The summed E-state index contributed by atoms with van der Waals surface area (Å²) in [7, 11) is -3.28. The van der Waals surface area contributed by atoms with E-state index >= 15 is 0 Å². The summed E-state index contributed by atoms with van der Waals surface area (Å²) in [6.07, 6.45) is 1.96. The number of nitrogens with zero attached hydrogens (tertiary/aromatic N) is 1. The molecule has 1 aromatic carbocycles. The van der Waals surface area contributed by atoms with Crippen LogP contribution in [0.2, 0.25) is 0 Å². The van der Waals surface area contributed by atoms with Gasteiger partial charge in [0.25, 0.3) is 0 Å². The Morgan fingerprint density at radius 2 is 1.95 bits per heavy atom. The zero-order valence-electron chi connectivity index (χ0n) is 11.5. The number of benzene rings is 1. The summed E-state index contributed by atoms with van der Waals surface area (Å²) >= 11 is 0. The summed E-state index contributed by atoms with van der Waals surface area (Å²) in [5.41, 5.74) is 7.08. The summed E-state index contributed by atoms with van der Waals surface area (Å²) in [4.78, 5) is 0. The van der Waals surface area contributed by atoms with Gasteiger partial charge in [0.05, 0.1) is 5.75 Å². The molecule has 0 aliphatic heterocycles. The molecule has 0 saturated heterocycles. The lowest BCUT2D eigenvalue weighted by atomic mass is 10.2. The largest absolute Gasteiger partial charge is 0.398 e. The van der Waals surface area contributed by atoms with E-state index in [0.29, 0.717) is 23.7 Å². The van der Waals surface area contributed by atoms with Gasteiger partial charge in [-0.15, -0.1) is 0 Å². The lowest BCUT2D eigenvalue weighted by Gasteiger charge is -2.24. The highest BCUT2D eigenvalue weighted by atomic mass is 32.2. The maximum Gasteiger partial charge on any atom is 0.218 e. The van der Waals surface area contributed by atoms with Crippen LogP contribution < -0.4 is 5.73 Å². The molecule has 0 radical (unpaired) electrons. The van der Waals surface area contributed by atoms with E-state index in [2.05, 4.69) is 0 Å². The summed E-state index contributed by atoms with van der Waals surface area (Å²) in [6, 6.07) is 7.38. The molecule has 1 aromatic rings. The zero-order chi connectivity index (χ0) is 14.0. The van der Waals surface area contributed by atoms with Gasteiger partial charge in [0.2, 0.25) is 10.0 Å². The number of rotatable bonds is 6. The Bertz CT molecular complexity index is 536. The lowest BCUT2D eigenvalue weighted by Crippen LogP contribution is -2.37. The van der Waals surface area contributed by atoms with E-state index in [1.807, 2.05) is 26.0 Å². The van der Waals surface area contributed by atoms with Gasteiger partial charge in [-0.2, -0.15) is 4.31 Å². The Kier molecular flexibility index (Phi) is 4.16. The molecule has 4 nitrogen and oxygen atoms in total. The first-order valence-electron chi connectivity index (χ1n) is 6.73. The molecular weight excluding hydrogens is 260 g/mol. The van der Waals surface area contributed by atoms with Crippen LogP contribution in [0.4, 0.5) is 5.69 Å². The number of sulfonamides is 1. The molecule has 0 atom stereocenters. The van der Waals surface area contributed by atoms with Crippen LogP contribution >= 0.6 is 0 Å². The van der Waals surface area contributed by atoms with Crippen molar-refractivity contribution in [2.24, 2.45) is 5.92 Å². The summed E-state index contributed by atoms with van der Waals surface area (Å²) in [6.45, 7) is 4.68. The summed E-state index contributed by atoms with van der Waals surface area (Å²) in [5, 5.41) is 0. The van der Waals surface area contributed by atoms with Crippen LogP contribution in [0.15, 0.2) is 24.3 Å². The van der Waals surface area contributed by atoms with Crippen LogP contribution in [0.5, 0.6) is 0 Å². The average Bonchev–Trinajstić information content (AvgIpc) is 3.12. The van der Waals surface area contributed by atoms with Crippen molar-refractivity contribution in [2.75, 3.05) is 12.3 Å². The van der Waals surface area contributed by atoms with Gasteiger partial charge in [-0.25, -0.2) is 8.42 Å². The zero-order valence-corrected chi connectivity index (χ0v) is 12.4. The fourth-order valence-electron chi connectivity index (χ4n) is 2.16. The molecule has 106 valence electrons. The predicted molar refractivity (Wildman–Crippen MR) is 78.0 cm³/mol. The van der Waals surface area contributed by atoms with E-state index in [-0.39, 0.29) is 11.8 Å². The van der Waals surface area contributed by atoms with Gasteiger partial charge >= 0.3 is 0 Å². The van der Waals surface area contributed by atoms with Crippen LogP contribution in [0.25, 0.3) is 0 Å². The fraction of sp³-hybridized carbons (Fsp3) is 0.571. The third-order valence-corrected chi connectivity index (χ3v) is 5.09. The van der Waals surface area contributed by atoms with E-state index < -0.39 is 10.0 Å². The molecule has 5 heteroatoms. The predicted octanol–water partition coefficient (Wildman–Crippen LogP) is 2.22. The molecule has 0 amide bonds. The van der Waals surface area contributed by atoms with Crippen molar-refractivity contribution < 1.29 is 8.42 Å². The Morgan fingerprint density at radius 1 is 1.32 bits per heavy atom. The second-order valence-corrected chi connectivity index (χ2v) is 7.57. The van der Waals surface area contributed by atoms with E-state index in [9.17, 15) is 8.42 Å². The molecule has 0 heterocycles. The van der Waals surface area contributed by atoms with Gasteiger partial charge in [0, 0.05) is 18.3 Å². The molecule has 19 heavy (non-hydrogen) atoms. The minimum absolute atomic E-state index is 0.00287. The number of hydrogen-bond donors (Lipinski definition) is 1. The van der Waals surface area contributed by atoms with Crippen molar-refractivity contribution in [2.45, 2.75) is 38.5 Å². The van der Waals surface area contributed by atoms with Crippen LogP contribution in [0, 0.1) is 5.92 Å². The summed E-state index contributed by atoms with van der Waals surface area (Å²) in [5.74, 6) is 0.339. The van der Waals surface area contributed by atoms with Crippen LogP contribution in [0.3, 0.4) is 0 Å². The molecule has 0 unspecified atom stereocenters. The molecule has 1 fully saturated rings. The first-order valence-corrected chi connectivity index (χ1v) is 8.34. The van der Waals surface area contributed by atoms with Crippen molar-refractivity contribution in [3.8, 4) is 0 Å². The second kappa shape index (κ2) is 5.51. The van der Waals surface area contributed by atoms with Crippen molar-refractivity contribution in [3.63, 3.8) is 0 Å². The molecular formula is C14H22N2O2S. The Balaban J connectivity index is 2.18. The highest BCUT2D eigenvalue weighted by molar-refractivity contribution is 7.88. The number of anilines is 1. The van der Waals surface area contributed by atoms with Gasteiger partial charge in [-0.3, -0.25) is 0 Å². The minimum atomic E-state index is -3.28. The van der Waals surface area contributed by atoms with Crippen molar-refractivity contribution in [1.29, 1.82) is 0 Å². The third kappa shape index (κ3) is 3.70. The molecule has 0 aromatic heterocycles. The van der Waals surface area contributed by atoms with E-state index in [0.717, 1.165) is 12.8 Å². The molecule has 0 bridgehead atoms. The maximum atomic E-state index is 12.5. The minimum Gasteiger partial charge on any atom is -0.398 e. The fourth-order valence-corrected chi connectivity index (χ4v) is 4.17. The van der Waals surface area contributed by atoms with Crippen molar-refractivity contribution in [1.82, 2.24) is 4.31 Å². The van der Waals surface area contributed by atoms with Crippen molar-refractivity contribution >= 4 is 15.7 Å². The lowest BCUT2D eigenvalue weighted by molar-refractivity contribution is 0.359. The van der Waals surface area contributed by atoms with Gasteiger partial charge in [-0.05, 0) is 30.4 Å². The van der Waals surface area contributed by atoms with Gasteiger partial charge in [0.15, 0.2) is 0 Å². The number of para-hydroxylation sites is 1. The van der Waals surface area contributed by atoms with E-state index in [4.69, 9.17) is 5.73 Å².